The van der Waals surface area contributed by atoms with Gasteiger partial charge in [0.1, 0.15) is 0 Å². The van der Waals surface area contributed by atoms with Gasteiger partial charge in [0, 0.05) is 6.42 Å². The van der Waals surface area contributed by atoms with Gasteiger partial charge in [-0.1, -0.05) is 0 Å². The highest BCUT2D eigenvalue weighted by Crippen LogP contribution is 2.05. The summed E-state index contributed by atoms with van der Waals surface area (Å²) in [5, 5.41) is 10.2. The van der Waals surface area contributed by atoms with E-state index in [1.165, 1.54) is 13.2 Å². The maximum atomic E-state index is 10.6. The van der Waals surface area contributed by atoms with E-state index in [1.807, 2.05) is 0 Å². The summed E-state index contributed by atoms with van der Waals surface area (Å²) in [5.74, 6) is -0.434. The summed E-state index contributed by atoms with van der Waals surface area (Å²) >= 11 is 0. The average Bonchev–Trinajstić information content (AvgIpc) is 2.04. The Kier molecular flexibility index (Phi) is 4.67. The van der Waals surface area contributed by atoms with Gasteiger partial charge in [0.05, 0.1) is 18.5 Å². The van der Waals surface area contributed by atoms with Crippen LogP contribution in [0.15, 0.2) is 11.8 Å². The highest BCUT2D eigenvalue weighted by molar-refractivity contribution is 5.69. The molecule has 0 heterocycles. The van der Waals surface area contributed by atoms with Gasteiger partial charge in [-0.15, -0.1) is 0 Å². The van der Waals surface area contributed by atoms with Crippen LogP contribution in [0.25, 0.3) is 0 Å². The number of esters is 1. The minimum atomic E-state index is -0.497. The second kappa shape index (κ2) is 5.29. The first kappa shape index (κ1) is 10.6. The van der Waals surface area contributed by atoms with Gasteiger partial charge in [-0.3, -0.25) is 14.9 Å². The van der Waals surface area contributed by atoms with Crippen molar-refractivity contribution in [1.82, 2.24) is 0 Å². The van der Waals surface area contributed by atoms with E-state index < -0.39 is 10.9 Å². The van der Waals surface area contributed by atoms with Crippen LogP contribution >= 0.6 is 0 Å². The van der Waals surface area contributed by atoms with Gasteiger partial charge < -0.3 is 4.74 Å². The number of methoxy groups -OCH3 is 1. The average molecular weight is 173 g/mol. The molecule has 0 N–H and O–H groups in total. The van der Waals surface area contributed by atoms with E-state index in [0.29, 0.717) is 0 Å². The van der Waals surface area contributed by atoms with Gasteiger partial charge in [0.2, 0.25) is 5.70 Å². The molecule has 0 aromatic rings. The van der Waals surface area contributed by atoms with Crippen molar-refractivity contribution >= 4 is 5.97 Å². The summed E-state index contributed by atoms with van der Waals surface area (Å²) < 4.78 is 4.34. The molecule has 0 spiro atoms. The van der Waals surface area contributed by atoms with Crippen LogP contribution in [0, 0.1) is 10.1 Å². The number of hydrogen-bond acceptors (Lipinski definition) is 4. The highest BCUT2D eigenvalue weighted by Gasteiger charge is 2.11. The molecule has 0 rings (SSSR count). The number of nitrogens with zero attached hydrogens (tertiary/aromatic N) is 1. The molecule has 0 radical (unpaired) electrons. The van der Waals surface area contributed by atoms with Gasteiger partial charge >= 0.3 is 5.97 Å². The van der Waals surface area contributed by atoms with E-state index in [0.717, 1.165) is 0 Å². The normalized spacial score (nSPS) is 11.0. The third-order valence-corrected chi connectivity index (χ3v) is 1.38. The lowest BCUT2D eigenvalue weighted by molar-refractivity contribution is -0.428. The number of rotatable bonds is 4. The van der Waals surface area contributed by atoms with Crippen molar-refractivity contribution < 1.29 is 14.5 Å². The van der Waals surface area contributed by atoms with Crippen molar-refractivity contribution in [3.05, 3.63) is 21.9 Å². The molecule has 0 aromatic heterocycles. The summed E-state index contributed by atoms with van der Waals surface area (Å²) in [4.78, 5) is 20.3. The topological polar surface area (TPSA) is 69.4 Å². The highest BCUT2D eigenvalue weighted by atomic mass is 16.6. The van der Waals surface area contributed by atoms with Gasteiger partial charge in [0.15, 0.2) is 0 Å². The smallest absolute Gasteiger partial charge is 0.306 e. The number of hydrogen-bond donors (Lipinski definition) is 0. The monoisotopic (exact) mass is 173 g/mol. The largest absolute Gasteiger partial charge is 0.469 e. The van der Waals surface area contributed by atoms with Crippen LogP contribution in [0.5, 0.6) is 0 Å². The molecule has 0 bridgehead atoms. The molecule has 0 amide bonds. The molecule has 5 nitrogen and oxygen atoms in total. The number of ether oxygens (including phenoxy) is 1. The molecule has 0 fully saturated rings. The fourth-order valence-corrected chi connectivity index (χ4v) is 0.673. The van der Waals surface area contributed by atoms with Crippen LogP contribution in [-0.2, 0) is 9.53 Å². The first-order valence-corrected chi connectivity index (χ1v) is 3.48. The Hall–Kier alpha value is -1.39. The third kappa shape index (κ3) is 3.70. The van der Waals surface area contributed by atoms with Crippen molar-refractivity contribution in [2.24, 2.45) is 0 Å². The van der Waals surface area contributed by atoms with Crippen molar-refractivity contribution in [3.8, 4) is 0 Å². The lowest BCUT2D eigenvalue weighted by atomic mass is 10.2. The molecule has 68 valence electrons. The number of nitro groups is 1. The maximum Gasteiger partial charge on any atom is 0.306 e. The van der Waals surface area contributed by atoms with Crippen LogP contribution < -0.4 is 0 Å². The number of carbonyl (C=O) groups excluding carboxylic acids is 1. The van der Waals surface area contributed by atoms with Crippen molar-refractivity contribution in [2.45, 2.75) is 19.8 Å². The summed E-state index contributed by atoms with van der Waals surface area (Å²) in [6, 6.07) is 0. The zero-order valence-corrected chi connectivity index (χ0v) is 7.07. The Morgan fingerprint density at radius 2 is 2.17 bits per heavy atom. The van der Waals surface area contributed by atoms with Gasteiger partial charge in [0.25, 0.3) is 0 Å². The first-order chi connectivity index (χ1) is 5.61. The lowest BCUT2D eigenvalue weighted by Crippen LogP contribution is -2.04. The lowest BCUT2D eigenvalue weighted by Gasteiger charge is -1.96. The van der Waals surface area contributed by atoms with Crippen LogP contribution in [0.4, 0.5) is 0 Å². The second-order valence-corrected chi connectivity index (χ2v) is 2.11. The number of allylic oxidation sites excluding steroid dienone is 2. The molecule has 0 atom stereocenters. The third-order valence-electron chi connectivity index (χ3n) is 1.38. The van der Waals surface area contributed by atoms with Gasteiger partial charge in [-0.05, 0) is 13.0 Å². The molecule has 0 saturated carbocycles. The fraction of sp³-hybridized carbons (Fsp3) is 0.571. The molecular formula is C7H11NO4. The molecule has 0 saturated heterocycles. The van der Waals surface area contributed by atoms with Gasteiger partial charge in [-0.25, -0.2) is 0 Å². The molecule has 0 aromatic carbocycles. The van der Waals surface area contributed by atoms with Crippen LogP contribution in [0.3, 0.4) is 0 Å². The zero-order chi connectivity index (χ0) is 9.56. The molecule has 0 aliphatic rings. The molecule has 5 heteroatoms. The van der Waals surface area contributed by atoms with E-state index in [4.69, 9.17) is 0 Å². The molecule has 0 aliphatic heterocycles. The van der Waals surface area contributed by atoms with Crippen LogP contribution in [0.1, 0.15) is 19.8 Å². The summed E-state index contributed by atoms with van der Waals surface area (Å²) in [6.07, 6.45) is 1.55. The maximum absolute atomic E-state index is 10.6. The van der Waals surface area contributed by atoms with Crippen LogP contribution in [-0.4, -0.2) is 18.0 Å². The van der Waals surface area contributed by atoms with E-state index in [9.17, 15) is 14.9 Å². The summed E-state index contributed by atoms with van der Waals surface area (Å²) in [6.45, 7) is 1.56. The Labute approximate surface area is 70.2 Å². The minimum absolute atomic E-state index is 0.0420. The van der Waals surface area contributed by atoms with Crippen molar-refractivity contribution in [1.29, 1.82) is 0 Å². The fourth-order valence-electron chi connectivity index (χ4n) is 0.673. The minimum Gasteiger partial charge on any atom is -0.469 e. The van der Waals surface area contributed by atoms with Crippen LogP contribution in [0.2, 0.25) is 0 Å². The Morgan fingerprint density at radius 1 is 1.58 bits per heavy atom. The van der Waals surface area contributed by atoms with Gasteiger partial charge in [-0.2, -0.15) is 0 Å². The summed E-state index contributed by atoms with van der Waals surface area (Å²) in [5.41, 5.74) is 0.0420. The summed E-state index contributed by atoms with van der Waals surface area (Å²) in [7, 11) is 1.25. The quantitative estimate of drug-likeness (QED) is 0.363. The second-order valence-electron chi connectivity index (χ2n) is 2.11. The van der Waals surface area contributed by atoms with Crippen molar-refractivity contribution in [3.63, 3.8) is 0 Å². The van der Waals surface area contributed by atoms with E-state index >= 15 is 0 Å². The van der Waals surface area contributed by atoms with Crippen molar-refractivity contribution in [2.75, 3.05) is 7.11 Å². The Balaban J connectivity index is 3.91. The standard InChI is InChI=1S/C7H11NO4/c1-3-6(8(10)11)4-5-7(9)12-2/h3H,4-5H2,1-2H3/b6-3+. The molecule has 0 unspecified atom stereocenters. The SMILES string of the molecule is C/C=C(\CCC(=O)OC)[N+](=O)[O-]. The molecular weight excluding hydrogens is 162 g/mol. The Bertz CT molecular complexity index is 209. The predicted molar refractivity (Wildman–Crippen MR) is 42.0 cm³/mol. The molecule has 0 aliphatic carbocycles. The Morgan fingerprint density at radius 3 is 2.50 bits per heavy atom. The van der Waals surface area contributed by atoms with E-state index in [-0.39, 0.29) is 18.5 Å². The molecule has 12 heavy (non-hydrogen) atoms. The first-order valence-electron chi connectivity index (χ1n) is 3.48. The predicted octanol–water partition coefficient (Wildman–Crippen LogP) is 1.12. The zero-order valence-electron chi connectivity index (χ0n) is 7.07. The number of carbonyl (C=O) groups is 1. The van der Waals surface area contributed by atoms with E-state index in [1.54, 1.807) is 6.92 Å². The van der Waals surface area contributed by atoms with E-state index in [2.05, 4.69) is 4.74 Å².